The summed E-state index contributed by atoms with van der Waals surface area (Å²) in [5, 5.41) is 0. The van der Waals surface area contributed by atoms with Crippen LogP contribution < -0.4 is 0 Å². The Labute approximate surface area is 112 Å². The van der Waals surface area contributed by atoms with Crippen molar-refractivity contribution in [1.82, 2.24) is 0 Å². The fourth-order valence-electron chi connectivity index (χ4n) is 4.37. The van der Waals surface area contributed by atoms with E-state index in [1.54, 1.807) is 21.3 Å². The van der Waals surface area contributed by atoms with E-state index in [-0.39, 0.29) is 41.2 Å². The number of rotatable bonds is 4. The second-order valence-corrected chi connectivity index (χ2v) is 8.68. The summed E-state index contributed by atoms with van der Waals surface area (Å²) in [5.74, 6) is -1.000. The van der Waals surface area contributed by atoms with Crippen LogP contribution in [0, 0.1) is 23.7 Å². The van der Waals surface area contributed by atoms with E-state index in [0.29, 0.717) is 0 Å². The SMILES string of the molecule is CO[Si](OC)(OC)C1CC2CC1C1C(=O)OC(=O)[C@@H]21. The topological polar surface area (TPSA) is 71.1 Å². The first-order valence-electron chi connectivity index (χ1n) is 6.49. The average molecular weight is 286 g/mol. The van der Waals surface area contributed by atoms with E-state index >= 15 is 0 Å². The third-order valence-electron chi connectivity index (χ3n) is 5.06. The van der Waals surface area contributed by atoms with Crippen LogP contribution in [0.25, 0.3) is 0 Å². The Hall–Kier alpha value is -0.763. The molecule has 2 saturated carbocycles. The number of ether oxygens (including phenoxy) is 1. The number of hydrogen-bond donors (Lipinski definition) is 0. The van der Waals surface area contributed by atoms with E-state index in [0.717, 1.165) is 12.8 Å². The predicted molar refractivity (Wildman–Crippen MR) is 64.8 cm³/mol. The molecule has 0 aromatic heterocycles. The molecule has 0 spiro atoms. The van der Waals surface area contributed by atoms with Gasteiger partial charge in [-0.05, 0) is 24.7 Å². The van der Waals surface area contributed by atoms with Gasteiger partial charge in [0.25, 0.3) is 0 Å². The van der Waals surface area contributed by atoms with Gasteiger partial charge in [-0.2, -0.15) is 0 Å². The first-order chi connectivity index (χ1) is 9.07. The number of esters is 2. The van der Waals surface area contributed by atoms with Gasteiger partial charge in [-0.25, -0.2) is 0 Å². The lowest BCUT2D eigenvalue weighted by Crippen LogP contribution is -2.51. The molecule has 5 atom stereocenters. The average Bonchev–Trinajstić information content (AvgIpc) is 3.06. The Bertz CT molecular complexity index is 412. The zero-order valence-electron chi connectivity index (χ0n) is 11.3. The van der Waals surface area contributed by atoms with Gasteiger partial charge < -0.3 is 18.0 Å². The van der Waals surface area contributed by atoms with Crippen LogP contribution in [0.1, 0.15) is 12.8 Å². The van der Waals surface area contributed by atoms with Crippen molar-refractivity contribution in [3.8, 4) is 0 Å². The van der Waals surface area contributed by atoms with Crippen LogP contribution in [-0.4, -0.2) is 42.1 Å². The molecule has 106 valence electrons. The van der Waals surface area contributed by atoms with Gasteiger partial charge >= 0.3 is 20.7 Å². The third-order valence-corrected chi connectivity index (χ3v) is 8.34. The van der Waals surface area contributed by atoms with Gasteiger partial charge in [0.2, 0.25) is 0 Å². The number of carbonyl (C=O) groups excluding carboxylic acids is 2. The molecular formula is C12H18O6Si. The van der Waals surface area contributed by atoms with Crippen LogP contribution in [0.4, 0.5) is 0 Å². The molecule has 1 saturated heterocycles. The first-order valence-corrected chi connectivity index (χ1v) is 8.29. The monoisotopic (exact) mass is 286 g/mol. The van der Waals surface area contributed by atoms with Crippen molar-refractivity contribution in [3.63, 3.8) is 0 Å². The maximum absolute atomic E-state index is 11.8. The molecule has 2 aliphatic carbocycles. The van der Waals surface area contributed by atoms with Crippen LogP contribution in [0.5, 0.6) is 0 Å². The summed E-state index contributed by atoms with van der Waals surface area (Å²) in [6.45, 7) is 0. The van der Waals surface area contributed by atoms with Gasteiger partial charge in [0, 0.05) is 26.9 Å². The molecule has 3 fully saturated rings. The number of hydrogen-bond acceptors (Lipinski definition) is 6. The molecular weight excluding hydrogens is 268 g/mol. The van der Waals surface area contributed by atoms with Crippen molar-refractivity contribution in [3.05, 3.63) is 0 Å². The number of cyclic esters (lactones) is 2. The molecule has 1 aliphatic heterocycles. The van der Waals surface area contributed by atoms with Gasteiger partial charge in [-0.1, -0.05) is 0 Å². The molecule has 2 bridgehead atoms. The van der Waals surface area contributed by atoms with Gasteiger partial charge in [0.15, 0.2) is 0 Å². The molecule has 0 radical (unpaired) electrons. The fraction of sp³-hybridized carbons (Fsp3) is 0.833. The summed E-state index contributed by atoms with van der Waals surface area (Å²) < 4.78 is 21.4. The number of carbonyl (C=O) groups is 2. The molecule has 3 aliphatic rings. The fourth-order valence-corrected chi connectivity index (χ4v) is 7.23. The second kappa shape index (κ2) is 4.37. The Morgan fingerprint density at radius 2 is 1.58 bits per heavy atom. The van der Waals surface area contributed by atoms with Crippen molar-refractivity contribution in [2.45, 2.75) is 18.4 Å². The zero-order valence-corrected chi connectivity index (χ0v) is 12.3. The van der Waals surface area contributed by atoms with Crippen molar-refractivity contribution in [2.75, 3.05) is 21.3 Å². The van der Waals surface area contributed by atoms with E-state index in [1.165, 1.54) is 0 Å². The summed E-state index contributed by atoms with van der Waals surface area (Å²) in [6, 6.07) is 0. The molecule has 7 heteroatoms. The standard InChI is InChI=1S/C12H18O6Si/c1-15-19(16-2,17-3)8-5-6-4-7(8)10-9(6)11(13)18-12(10)14/h6-10H,4-5H2,1-3H3/t6?,7?,8?,9-,10?/m0/s1. The minimum Gasteiger partial charge on any atom is -0.393 e. The van der Waals surface area contributed by atoms with Crippen molar-refractivity contribution in [1.29, 1.82) is 0 Å². The summed E-state index contributed by atoms with van der Waals surface area (Å²) in [5.41, 5.74) is 0.0807. The first kappa shape index (κ1) is 13.2. The highest BCUT2D eigenvalue weighted by atomic mass is 28.4. The van der Waals surface area contributed by atoms with E-state index < -0.39 is 8.80 Å². The zero-order chi connectivity index (χ0) is 13.8. The Kier molecular flexibility index (Phi) is 3.04. The highest BCUT2D eigenvalue weighted by molar-refractivity contribution is 6.62. The molecule has 0 amide bonds. The van der Waals surface area contributed by atoms with Gasteiger partial charge in [-0.3, -0.25) is 9.59 Å². The molecule has 0 aromatic carbocycles. The van der Waals surface area contributed by atoms with Crippen LogP contribution >= 0.6 is 0 Å². The lowest BCUT2D eigenvalue weighted by atomic mass is 9.81. The van der Waals surface area contributed by atoms with E-state index in [9.17, 15) is 9.59 Å². The summed E-state index contributed by atoms with van der Waals surface area (Å²) >= 11 is 0. The van der Waals surface area contributed by atoms with E-state index in [4.69, 9.17) is 18.0 Å². The molecule has 3 rings (SSSR count). The molecule has 0 aromatic rings. The lowest BCUT2D eigenvalue weighted by molar-refractivity contribution is -0.154. The minimum absolute atomic E-state index is 0.0807. The highest BCUT2D eigenvalue weighted by Crippen LogP contribution is 2.63. The van der Waals surface area contributed by atoms with Gasteiger partial charge in [0.1, 0.15) is 0 Å². The van der Waals surface area contributed by atoms with E-state index in [2.05, 4.69) is 0 Å². The quantitative estimate of drug-likeness (QED) is 0.428. The summed E-state index contributed by atoms with van der Waals surface area (Å²) in [6.07, 6.45) is 1.68. The van der Waals surface area contributed by atoms with Crippen LogP contribution in [0.15, 0.2) is 0 Å². The number of fused-ring (bicyclic) bond motifs is 5. The molecule has 19 heavy (non-hydrogen) atoms. The van der Waals surface area contributed by atoms with Crippen LogP contribution in [0.3, 0.4) is 0 Å². The molecule has 1 heterocycles. The predicted octanol–water partition coefficient (Wildman–Crippen LogP) is 0.590. The van der Waals surface area contributed by atoms with Gasteiger partial charge in [-0.15, -0.1) is 0 Å². The molecule has 0 N–H and O–H groups in total. The Balaban J connectivity index is 1.90. The third kappa shape index (κ3) is 1.59. The van der Waals surface area contributed by atoms with Gasteiger partial charge in [0.05, 0.1) is 11.8 Å². The maximum Gasteiger partial charge on any atom is 0.503 e. The van der Waals surface area contributed by atoms with Crippen LogP contribution in [-0.2, 0) is 27.6 Å². The molecule has 4 unspecified atom stereocenters. The Morgan fingerprint density at radius 3 is 2.16 bits per heavy atom. The second-order valence-electron chi connectivity index (χ2n) is 5.51. The van der Waals surface area contributed by atoms with E-state index in [1.807, 2.05) is 0 Å². The van der Waals surface area contributed by atoms with Crippen molar-refractivity contribution >= 4 is 20.7 Å². The highest BCUT2D eigenvalue weighted by Gasteiger charge is 2.68. The Morgan fingerprint density at radius 1 is 1.00 bits per heavy atom. The minimum atomic E-state index is -2.77. The summed E-state index contributed by atoms with van der Waals surface area (Å²) in [4.78, 5) is 23.5. The van der Waals surface area contributed by atoms with Crippen molar-refractivity contribution in [2.24, 2.45) is 23.7 Å². The summed E-state index contributed by atoms with van der Waals surface area (Å²) in [7, 11) is 1.98. The molecule has 6 nitrogen and oxygen atoms in total. The lowest BCUT2D eigenvalue weighted by Gasteiger charge is -2.37. The normalized spacial score (nSPS) is 40.7. The van der Waals surface area contributed by atoms with Crippen LogP contribution in [0.2, 0.25) is 5.54 Å². The van der Waals surface area contributed by atoms with Crippen molar-refractivity contribution < 1.29 is 27.6 Å². The largest absolute Gasteiger partial charge is 0.503 e. The maximum atomic E-state index is 11.8. The smallest absolute Gasteiger partial charge is 0.393 e.